The zero-order chi connectivity index (χ0) is 12.0. The quantitative estimate of drug-likeness (QED) is 0.605. The second-order valence-corrected chi connectivity index (χ2v) is 3.70. The zero-order valence-corrected chi connectivity index (χ0v) is 8.59. The average molecular weight is 234 g/mol. The number of aromatic amines is 2. The minimum atomic E-state index is -0.659. The van der Waals surface area contributed by atoms with Crippen LogP contribution in [0.4, 0.5) is 14.6 Å². The Balaban J connectivity index is 2.35. The molecule has 0 spiro atoms. The lowest BCUT2D eigenvalue weighted by molar-refractivity contribution is 0.596. The number of hydrogen-bond donors (Lipinski definition) is 3. The van der Waals surface area contributed by atoms with Crippen molar-refractivity contribution < 1.29 is 8.78 Å². The van der Waals surface area contributed by atoms with E-state index < -0.39 is 11.6 Å². The number of benzene rings is 1. The molecule has 0 bridgehead atoms. The fraction of sp³-hybridized carbons (Fsp3) is 0. The van der Waals surface area contributed by atoms with Gasteiger partial charge < -0.3 is 10.7 Å². The summed E-state index contributed by atoms with van der Waals surface area (Å²) in [6.45, 7) is 0. The van der Waals surface area contributed by atoms with Gasteiger partial charge in [0.05, 0.1) is 16.8 Å². The number of nitrogens with zero attached hydrogens (tertiary/aromatic N) is 1. The highest BCUT2D eigenvalue weighted by atomic mass is 19.1. The maximum Gasteiger partial charge on any atom is 0.159 e. The summed E-state index contributed by atoms with van der Waals surface area (Å²) in [5.74, 6) is -1.13. The van der Waals surface area contributed by atoms with Gasteiger partial charge in [-0.15, -0.1) is 0 Å². The van der Waals surface area contributed by atoms with Crippen LogP contribution in [-0.2, 0) is 0 Å². The van der Waals surface area contributed by atoms with Crippen molar-refractivity contribution in [1.29, 1.82) is 0 Å². The van der Waals surface area contributed by atoms with Crippen molar-refractivity contribution in [1.82, 2.24) is 15.2 Å². The lowest BCUT2D eigenvalue weighted by atomic mass is 10.1. The molecule has 6 heteroatoms. The van der Waals surface area contributed by atoms with Gasteiger partial charge in [-0.2, -0.15) is 5.10 Å². The summed E-state index contributed by atoms with van der Waals surface area (Å²) >= 11 is 0. The summed E-state index contributed by atoms with van der Waals surface area (Å²) in [6, 6.07) is 4.25. The Labute approximate surface area is 94.4 Å². The van der Waals surface area contributed by atoms with Crippen LogP contribution < -0.4 is 5.73 Å². The van der Waals surface area contributed by atoms with E-state index in [1.165, 1.54) is 12.1 Å². The van der Waals surface area contributed by atoms with Crippen LogP contribution in [0, 0.1) is 11.6 Å². The topological polar surface area (TPSA) is 70.5 Å². The summed E-state index contributed by atoms with van der Waals surface area (Å²) in [6.07, 6.45) is 1.55. The number of nitrogens with two attached hydrogens (primary N) is 1. The van der Waals surface area contributed by atoms with Gasteiger partial charge in [-0.25, -0.2) is 8.78 Å². The number of halogens is 2. The fourth-order valence-corrected chi connectivity index (χ4v) is 1.84. The van der Waals surface area contributed by atoms with Crippen molar-refractivity contribution in [2.45, 2.75) is 0 Å². The molecule has 17 heavy (non-hydrogen) atoms. The minimum Gasteiger partial charge on any atom is -0.382 e. The van der Waals surface area contributed by atoms with E-state index in [2.05, 4.69) is 15.2 Å². The van der Waals surface area contributed by atoms with E-state index in [9.17, 15) is 8.78 Å². The van der Waals surface area contributed by atoms with Crippen LogP contribution in [0.15, 0.2) is 24.4 Å². The van der Waals surface area contributed by atoms with Gasteiger partial charge in [-0.05, 0) is 12.1 Å². The van der Waals surface area contributed by atoms with Gasteiger partial charge in [0.1, 0.15) is 11.6 Å². The van der Waals surface area contributed by atoms with Crippen LogP contribution in [0.5, 0.6) is 0 Å². The zero-order valence-electron chi connectivity index (χ0n) is 8.59. The molecule has 4 nitrogen and oxygen atoms in total. The molecular weight excluding hydrogens is 226 g/mol. The molecule has 1 aromatic carbocycles. The molecule has 0 fully saturated rings. The molecule has 86 valence electrons. The maximum atomic E-state index is 14.1. The summed E-state index contributed by atoms with van der Waals surface area (Å²) < 4.78 is 27.9. The molecule has 2 aromatic heterocycles. The number of rotatable bonds is 1. The van der Waals surface area contributed by atoms with E-state index in [1.807, 2.05) is 0 Å². The summed E-state index contributed by atoms with van der Waals surface area (Å²) in [5, 5.41) is 6.63. The van der Waals surface area contributed by atoms with Gasteiger partial charge in [0.15, 0.2) is 5.82 Å². The van der Waals surface area contributed by atoms with E-state index in [1.54, 1.807) is 12.3 Å². The number of anilines is 1. The van der Waals surface area contributed by atoms with E-state index in [-0.39, 0.29) is 22.6 Å². The lowest BCUT2D eigenvalue weighted by Crippen LogP contribution is -1.92. The highest BCUT2D eigenvalue weighted by Crippen LogP contribution is 2.30. The van der Waals surface area contributed by atoms with Crippen molar-refractivity contribution in [2.75, 3.05) is 5.73 Å². The normalized spacial score (nSPS) is 11.2. The predicted molar refractivity (Wildman–Crippen MR) is 60.2 cm³/mol. The van der Waals surface area contributed by atoms with Crippen molar-refractivity contribution in [2.24, 2.45) is 0 Å². The highest BCUT2D eigenvalue weighted by molar-refractivity contribution is 5.85. The predicted octanol–water partition coefficient (Wildman–Crippen LogP) is 2.42. The molecule has 0 radical (unpaired) electrons. The van der Waals surface area contributed by atoms with Crippen LogP contribution in [0.25, 0.3) is 22.2 Å². The molecule has 3 aromatic rings. The van der Waals surface area contributed by atoms with Gasteiger partial charge in [0.2, 0.25) is 0 Å². The summed E-state index contributed by atoms with van der Waals surface area (Å²) in [5.41, 5.74) is 5.73. The second kappa shape index (κ2) is 3.31. The minimum absolute atomic E-state index is 0.163. The Bertz CT molecular complexity index is 699. The average Bonchev–Trinajstić information content (AvgIpc) is 2.87. The number of H-pyrrole nitrogens is 2. The van der Waals surface area contributed by atoms with Crippen molar-refractivity contribution in [3.05, 3.63) is 36.0 Å². The maximum absolute atomic E-state index is 14.1. The van der Waals surface area contributed by atoms with E-state index in [0.717, 1.165) is 0 Å². The molecular formula is C11H8F2N4. The molecule has 0 aliphatic rings. The Kier molecular flexibility index (Phi) is 1.91. The molecule has 0 aliphatic carbocycles. The summed E-state index contributed by atoms with van der Waals surface area (Å²) in [4.78, 5) is 2.72. The van der Waals surface area contributed by atoms with E-state index >= 15 is 0 Å². The number of aromatic nitrogens is 3. The molecule has 0 aliphatic heterocycles. The first-order valence-corrected chi connectivity index (χ1v) is 4.93. The van der Waals surface area contributed by atoms with Crippen LogP contribution in [0.2, 0.25) is 0 Å². The number of hydrogen-bond acceptors (Lipinski definition) is 2. The number of fused-ring (bicyclic) bond motifs is 1. The third kappa shape index (κ3) is 1.37. The second-order valence-electron chi connectivity index (χ2n) is 3.70. The fourth-order valence-electron chi connectivity index (χ4n) is 1.84. The highest BCUT2D eigenvalue weighted by Gasteiger charge is 2.17. The van der Waals surface area contributed by atoms with Gasteiger partial charge in [-0.3, -0.25) is 5.10 Å². The Morgan fingerprint density at radius 3 is 2.76 bits per heavy atom. The van der Waals surface area contributed by atoms with Crippen molar-refractivity contribution in [3.63, 3.8) is 0 Å². The molecule has 4 N–H and O–H groups in total. The molecule has 2 heterocycles. The first-order valence-electron chi connectivity index (χ1n) is 4.93. The Hall–Kier alpha value is -2.37. The Morgan fingerprint density at radius 2 is 2.06 bits per heavy atom. The van der Waals surface area contributed by atoms with Crippen LogP contribution in [0.1, 0.15) is 0 Å². The first kappa shape index (κ1) is 9.83. The van der Waals surface area contributed by atoms with E-state index in [4.69, 9.17) is 5.73 Å². The number of nitrogens with one attached hydrogen (secondary N) is 2. The third-order valence-corrected chi connectivity index (χ3v) is 2.61. The van der Waals surface area contributed by atoms with E-state index in [0.29, 0.717) is 5.39 Å². The standard InChI is InChI=1S/C11H8F2N4/c12-6-3-5-1-2-15-11(5)10(13)9(6)7-4-8(14)17-16-7/h1-4,15H,(H3,14,16,17). The third-order valence-electron chi connectivity index (χ3n) is 2.61. The molecule has 0 amide bonds. The lowest BCUT2D eigenvalue weighted by Gasteiger charge is -2.03. The smallest absolute Gasteiger partial charge is 0.159 e. The molecule has 0 atom stereocenters. The van der Waals surface area contributed by atoms with Crippen LogP contribution in [0.3, 0.4) is 0 Å². The van der Waals surface area contributed by atoms with Crippen LogP contribution >= 0.6 is 0 Å². The monoisotopic (exact) mass is 234 g/mol. The molecule has 0 saturated heterocycles. The Morgan fingerprint density at radius 1 is 1.24 bits per heavy atom. The van der Waals surface area contributed by atoms with Gasteiger partial charge in [-0.1, -0.05) is 0 Å². The first-order chi connectivity index (χ1) is 8.16. The van der Waals surface area contributed by atoms with Crippen molar-refractivity contribution >= 4 is 16.7 Å². The van der Waals surface area contributed by atoms with Gasteiger partial charge in [0.25, 0.3) is 0 Å². The van der Waals surface area contributed by atoms with Gasteiger partial charge in [0, 0.05) is 17.6 Å². The molecule has 0 saturated carbocycles. The molecule has 3 rings (SSSR count). The number of nitrogen functional groups attached to an aromatic ring is 1. The SMILES string of the molecule is Nc1cc(-c2c(F)cc3cc[nH]c3c2F)[nH]n1. The largest absolute Gasteiger partial charge is 0.382 e. The summed E-state index contributed by atoms with van der Waals surface area (Å²) in [7, 11) is 0. The van der Waals surface area contributed by atoms with Crippen molar-refractivity contribution in [3.8, 4) is 11.3 Å². The molecule has 0 unspecified atom stereocenters. The van der Waals surface area contributed by atoms with Crippen LogP contribution in [-0.4, -0.2) is 15.2 Å². The van der Waals surface area contributed by atoms with Gasteiger partial charge >= 0.3 is 0 Å².